The van der Waals surface area contributed by atoms with Crippen LogP contribution in [0.15, 0.2) is 29.3 Å². The Bertz CT molecular complexity index is 595. The largest absolute Gasteiger partial charge is 0.497 e. The van der Waals surface area contributed by atoms with E-state index in [1.54, 1.807) is 7.11 Å². The number of hydrogen-bond donors (Lipinski definition) is 2. The first-order chi connectivity index (χ1) is 13.8. The van der Waals surface area contributed by atoms with Crippen molar-refractivity contribution in [2.24, 2.45) is 10.9 Å². The molecule has 1 aliphatic carbocycles. The Morgan fingerprint density at radius 2 is 1.96 bits per heavy atom. The lowest BCUT2D eigenvalue weighted by Crippen LogP contribution is -2.42. The smallest absolute Gasteiger partial charge is 0.191 e. The highest BCUT2D eigenvalue weighted by Crippen LogP contribution is 2.33. The third-order valence-corrected chi connectivity index (χ3v) is 5.53. The molecule has 0 radical (unpaired) electrons. The summed E-state index contributed by atoms with van der Waals surface area (Å²) in [5, 5.41) is 6.90. The van der Waals surface area contributed by atoms with E-state index in [-0.39, 0.29) is 6.04 Å². The van der Waals surface area contributed by atoms with E-state index >= 15 is 0 Å². The van der Waals surface area contributed by atoms with Crippen molar-refractivity contribution >= 4 is 5.96 Å². The van der Waals surface area contributed by atoms with E-state index in [9.17, 15) is 0 Å². The molecule has 0 aromatic heterocycles. The van der Waals surface area contributed by atoms with Gasteiger partial charge in [-0.05, 0) is 43.4 Å². The van der Waals surface area contributed by atoms with Gasteiger partial charge < -0.3 is 20.1 Å². The first kappa shape index (κ1) is 20.9. The van der Waals surface area contributed by atoms with E-state index in [1.165, 1.54) is 31.2 Å². The summed E-state index contributed by atoms with van der Waals surface area (Å²) >= 11 is 0. The standard InChI is InChI=1S/C22H36N4O2/c1-3-23-22(24-12-4-5-18-6-7-18)25-17-21(26-13-15-28-16-14-26)19-8-10-20(27-2)11-9-19/h8-11,18,21H,3-7,12-17H2,1-2H3,(H2,23,24,25). The molecule has 1 unspecified atom stereocenters. The van der Waals surface area contributed by atoms with Gasteiger partial charge in [-0.2, -0.15) is 0 Å². The minimum atomic E-state index is 0.247. The minimum Gasteiger partial charge on any atom is -0.497 e. The zero-order valence-electron chi connectivity index (χ0n) is 17.5. The summed E-state index contributed by atoms with van der Waals surface area (Å²) in [5.41, 5.74) is 1.27. The van der Waals surface area contributed by atoms with Crippen LogP contribution in [0.25, 0.3) is 0 Å². The second-order valence-corrected chi connectivity index (χ2v) is 7.67. The Hall–Kier alpha value is -1.79. The first-order valence-electron chi connectivity index (χ1n) is 10.8. The predicted molar refractivity (Wildman–Crippen MR) is 114 cm³/mol. The van der Waals surface area contributed by atoms with Gasteiger partial charge in [0.05, 0.1) is 32.9 Å². The number of morpholine rings is 1. The van der Waals surface area contributed by atoms with Crippen molar-refractivity contribution in [3.05, 3.63) is 29.8 Å². The maximum Gasteiger partial charge on any atom is 0.191 e. The summed E-state index contributed by atoms with van der Waals surface area (Å²) in [5.74, 6) is 2.80. The van der Waals surface area contributed by atoms with Crippen LogP contribution in [-0.4, -0.2) is 63.9 Å². The van der Waals surface area contributed by atoms with Crippen LogP contribution in [0, 0.1) is 5.92 Å². The summed E-state index contributed by atoms with van der Waals surface area (Å²) in [6.07, 6.45) is 5.42. The van der Waals surface area contributed by atoms with Crippen LogP contribution in [0.5, 0.6) is 5.75 Å². The third-order valence-electron chi connectivity index (χ3n) is 5.53. The summed E-state index contributed by atoms with van der Waals surface area (Å²) in [6.45, 7) is 8.17. The molecule has 2 fully saturated rings. The van der Waals surface area contributed by atoms with Crippen LogP contribution in [-0.2, 0) is 4.74 Å². The molecule has 6 nitrogen and oxygen atoms in total. The van der Waals surface area contributed by atoms with Gasteiger partial charge >= 0.3 is 0 Å². The average Bonchev–Trinajstić information content (AvgIpc) is 3.57. The molecule has 28 heavy (non-hydrogen) atoms. The van der Waals surface area contributed by atoms with Crippen LogP contribution >= 0.6 is 0 Å². The van der Waals surface area contributed by atoms with Gasteiger partial charge in [0.25, 0.3) is 0 Å². The van der Waals surface area contributed by atoms with Crippen LogP contribution in [0.4, 0.5) is 0 Å². The second-order valence-electron chi connectivity index (χ2n) is 7.67. The second kappa shape index (κ2) is 11.3. The van der Waals surface area contributed by atoms with Crippen molar-refractivity contribution in [3.63, 3.8) is 0 Å². The molecule has 1 aromatic rings. The normalized spacial score (nSPS) is 19.3. The fourth-order valence-electron chi connectivity index (χ4n) is 3.67. The summed E-state index contributed by atoms with van der Waals surface area (Å²) in [6, 6.07) is 8.63. The molecule has 2 aliphatic rings. The van der Waals surface area contributed by atoms with Crippen LogP contribution in [0.3, 0.4) is 0 Å². The lowest BCUT2D eigenvalue weighted by molar-refractivity contribution is 0.0179. The number of hydrogen-bond acceptors (Lipinski definition) is 4. The molecule has 0 spiro atoms. The fraction of sp³-hybridized carbons (Fsp3) is 0.682. The molecular formula is C22H36N4O2. The zero-order chi connectivity index (χ0) is 19.6. The maximum absolute atomic E-state index is 5.55. The number of methoxy groups -OCH3 is 1. The van der Waals surface area contributed by atoms with Crippen molar-refractivity contribution in [2.45, 2.75) is 38.6 Å². The number of ether oxygens (including phenoxy) is 2. The minimum absolute atomic E-state index is 0.247. The van der Waals surface area contributed by atoms with Crippen molar-refractivity contribution in [1.82, 2.24) is 15.5 Å². The quantitative estimate of drug-likeness (QED) is 0.367. The first-order valence-corrected chi connectivity index (χ1v) is 10.8. The molecular weight excluding hydrogens is 352 g/mol. The van der Waals surface area contributed by atoms with Crippen molar-refractivity contribution in [1.29, 1.82) is 0 Å². The highest BCUT2D eigenvalue weighted by Gasteiger charge is 2.23. The van der Waals surface area contributed by atoms with Crippen LogP contribution in [0.1, 0.15) is 44.2 Å². The van der Waals surface area contributed by atoms with E-state index in [1.807, 2.05) is 12.1 Å². The molecule has 1 saturated carbocycles. The Labute approximate surface area is 169 Å². The molecule has 1 aromatic carbocycles. The Morgan fingerprint density at radius 3 is 2.61 bits per heavy atom. The van der Waals surface area contributed by atoms with Crippen molar-refractivity contribution in [2.75, 3.05) is 53.0 Å². The molecule has 6 heteroatoms. The number of nitrogens with zero attached hydrogens (tertiary/aromatic N) is 2. The van der Waals surface area contributed by atoms with Gasteiger partial charge in [0.15, 0.2) is 5.96 Å². The molecule has 3 rings (SSSR count). The molecule has 156 valence electrons. The van der Waals surface area contributed by atoms with Gasteiger partial charge in [0.2, 0.25) is 0 Å². The van der Waals surface area contributed by atoms with Gasteiger partial charge in [0, 0.05) is 26.2 Å². The fourth-order valence-corrected chi connectivity index (χ4v) is 3.67. The number of aliphatic imine (C=N–C) groups is 1. The van der Waals surface area contributed by atoms with Crippen molar-refractivity contribution < 1.29 is 9.47 Å². The van der Waals surface area contributed by atoms with E-state index in [0.29, 0.717) is 0 Å². The Balaban J connectivity index is 1.63. The predicted octanol–water partition coefficient (Wildman–Crippen LogP) is 2.81. The van der Waals surface area contributed by atoms with Gasteiger partial charge in [-0.1, -0.05) is 25.0 Å². The average molecular weight is 389 g/mol. The van der Waals surface area contributed by atoms with Gasteiger partial charge in [-0.3, -0.25) is 9.89 Å². The SMILES string of the molecule is CCNC(=NCC(c1ccc(OC)cc1)N1CCOCC1)NCCCC1CC1. The summed E-state index contributed by atoms with van der Waals surface area (Å²) in [7, 11) is 1.70. The molecule has 1 heterocycles. The van der Waals surface area contributed by atoms with E-state index < -0.39 is 0 Å². The molecule has 2 N–H and O–H groups in total. The van der Waals surface area contributed by atoms with E-state index in [0.717, 1.165) is 63.6 Å². The Morgan fingerprint density at radius 1 is 1.21 bits per heavy atom. The van der Waals surface area contributed by atoms with E-state index in [4.69, 9.17) is 14.5 Å². The molecule has 1 aliphatic heterocycles. The maximum atomic E-state index is 5.55. The molecule has 0 bridgehead atoms. The lowest BCUT2D eigenvalue weighted by Gasteiger charge is -2.34. The van der Waals surface area contributed by atoms with E-state index in [2.05, 4.69) is 34.6 Å². The lowest BCUT2D eigenvalue weighted by atomic mass is 10.0. The monoisotopic (exact) mass is 388 g/mol. The number of rotatable bonds is 10. The molecule has 0 amide bonds. The zero-order valence-corrected chi connectivity index (χ0v) is 17.5. The summed E-state index contributed by atoms with van der Waals surface area (Å²) in [4.78, 5) is 7.40. The molecule has 1 atom stereocenters. The highest BCUT2D eigenvalue weighted by atomic mass is 16.5. The number of benzene rings is 1. The van der Waals surface area contributed by atoms with Gasteiger partial charge in [-0.25, -0.2) is 0 Å². The van der Waals surface area contributed by atoms with Crippen LogP contribution in [0.2, 0.25) is 0 Å². The topological polar surface area (TPSA) is 58.1 Å². The van der Waals surface area contributed by atoms with Gasteiger partial charge in [0.1, 0.15) is 5.75 Å². The molecule has 1 saturated heterocycles. The number of guanidine groups is 1. The van der Waals surface area contributed by atoms with Gasteiger partial charge in [-0.15, -0.1) is 0 Å². The third kappa shape index (κ3) is 6.67. The Kier molecular flexibility index (Phi) is 8.42. The summed E-state index contributed by atoms with van der Waals surface area (Å²) < 4.78 is 10.9. The van der Waals surface area contributed by atoms with Crippen molar-refractivity contribution in [3.8, 4) is 5.75 Å². The highest BCUT2D eigenvalue weighted by molar-refractivity contribution is 5.79. The van der Waals surface area contributed by atoms with Crippen LogP contribution < -0.4 is 15.4 Å². The number of nitrogens with one attached hydrogen (secondary N) is 2.